The van der Waals surface area contributed by atoms with E-state index in [0.29, 0.717) is 11.8 Å². The maximum absolute atomic E-state index is 10.3. The Kier molecular flexibility index (Phi) is 1.40. The Morgan fingerprint density at radius 3 is 1.94 bits per heavy atom. The maximum atomic E-state index is 10.3. The summed E-state index contributed by atoms with van der Waals surface area (Å²) in [4.78, 5) is 0. The van der Waals surface area contributed by atoms with Crippen LogP contribution in [-0.2, 0) is 0 Å². The molecule has 2 saturated carbocycles. The molecule has 1 unspecified atom stereocenters. The van der Waals surface area contributed by atoms with Crippen molar-refractivity contribution in [2.24, 2.45) is 23.7 Å². The summed E-state index contributed by atoms with van der Waals surface area (Å²) in [5, 5.41) is 10.3. The van der Waals surface area contributed by atoms with Crippen LogP contribution in [0.25, 0.3) is 0 Å². The lowest BCUT2D eigenvalue weighted by Gasteiger charge is -2.33. The van der Waals surface area contributed by atoms with Crippen LogP contribution >= 0.6 is 0 Å². The molecule has 0 heterocycles. The Bertz CT molecular complexity index is 487. The third kappa shape index (κ3) is 0.826. The summed E-state index contributed by atoms with van der Waals surface area (Å²) in [6, 6.07) is 8.98. The van der Waals surface area contributed by atoms with Crippen LogP contribution in [0.15, 0.2) is 36.4 Å². The predicted octanol–water partition coefficient (Wildman–Crippen LogP) is 2.68. The minimum absolute atomic E-state index is 0.0791. The van der Waals surface area contributed by atoms with Crippen molar-refractivity contribution >= 4 is 0 Å². The van der Waals surface area contributed by atoms with Gasteiger partial charge in [-0.25, -0.2) is 0 Å². The fourth-order valence-electron chi connectivity index (χ4n) is 5.48. The van der Waals surface area contributed by atoms with Crippen LogP contribution in [0.3, 0.4) is 0 Å². The molecule has 1 aromatic rings. The molecule has 1 heteroatoms. The van der Waals surface area contributed by atoms with E-state index in [4.69, 9.17) is 0 Å². The minimum Gasteiger partial charge on any atom is -0.392 e. The van der Waals surface area contributed by atoms with Crippen molar-refractivity contribution in [3.63, 3.8) is 0 Å². The van der Waals surface area contributed by atoms with Gasteiger partial charge in [-0.2, -0.15) is 0 Å². The first-order valence-corrected chi connectivity index (χ1v) is 6.81. The first-order valence-electron chi connectivity index (χ1n) is 6.81. The Balaban J connectivity index is 1.71. The second kappa shape index (κ2) is 2.67. The van der Waals surface area contributed by atoms with E-state index < -0.39 is 0 Å². The molecule has 0 saturated heterocycles. The van der Waals surface area contributed by atoms with E-state index in [2.05, 4.69) is 36.4 Å². The van der Waals surface area contributed by atoms with Crippen molar-refractivity contribution in [3.05, 3.63) is 47.5 Å². The lowest BCUT2D eigenvalue weighted by atomic mass is 9.71. The summed E-state index contributed by atoms with van der Waals surface area (Å²) < 4.78 is 0. The maximum Gasteiger partial charge on any atom is 0.0671 e. The molecule has 2 fully saturated rings. The molecule has 17 heavy (non-hydrogen) atoms. The van der Waals surface area contributed by atoms with Gasteiger partial charge in [0, 0.05) is 11.8 Å². The number of rotatable bonds is 0. The van der Waals surface area contributed by atoms with Crippen LogP contribution in [0.2, 0.25) is 0 Å². The van der Waals surface area contributed by atoms with Gasteiger partial charge in [-0.1, -0.05) is 36.4 Å². The quantitative estimate of drug-likeness (QED) is 0.530. The molecule has 1 N–H and O–H groups in total. The minimum atomic E-state index is -0.0791. The van der Waals surface area contributed by atoms with E-state index in [-0.39, 0.29) is 6.10 Å². The van der Waals surface area contributed by atoms with Crippen molar-refractivity contribution in [2.45, 2.75) is 24.4 Å². The standard InChI is InChI=1S/C16H16O/c17-16-10-5-6-11(16)15-13-7-12(14(10)15)8-3-1-2-4-9(8)13/h1-6,10-17H,7H2/t10-,11-,12-,13-,14-,15+,16?/m0/s1. The van der Waals surface area contributed by atoms with Gasteiger partial charge in [0.15, 0.2) is 0 Å². The number of aliphatic hydroxyl groups excluding tert-OH is 1. The molecule has 4 aliphatic carbocycles. The van der Waals surface area contributed by atoms with Gasteiger partial charge in [0.2, 0.25) is 0 Å². The third-order valence-corrected chi connectivity index (χ3v) is 5.91. The molecule has 86 valence electrons. The van der Waals surface area contributed by atoms with Crippen molar-refractivity contribution in [2.75, 3.05) is 0 Å². The normalized spacial score (nSPS) is 51.9. The van der Waals surface area contributed by atoms with E-state index in [9.17, 15) is 5.11 Å². The topological polar surface area (TPSA) is 20.2 Å². The summed E-state index contributed by atoms with van der Waals surface area (Å²) in [6.07, 6.45) is 5.85. The van der Waals surface area contributed by atoms with Crippen LogP contribution in [0.4, 0.5) is 0 Å². The monoisotopic (exact) mass is 224 g/mol. The smallest absolute Gasteiger partial charge is 0.0671 e. The third-order valence-electron chi connectivity index (χ3n) is 5.91. The second-order valence-corrected chi connectivity index (χ2v) is 6.26. The number of hydrogen-bond donors (Lipinski definition) is 1. The van der Waals surface area contributed by atoms with Crippen LogP contribution < -0.4 is 0 Å². The molecule has 1 aromatic carbocycles. The molecule has 0 aromatic heterocycles. The molecular formula is C16H16O. The summed E-state index contributed by atoms with van der Waals surface area (Å²) >= 11 is 0. The van der Waals surface area contributed by atoms with Crippen LogP contribution in [0.1, 0.15) is 29.4 Å². The fourth-order valence-corrected chi connectivity index (χ4v) is 5.48. The Morgan fingerprint density at radius 1 is 0.882 bits per heavy atom. The highest BCUT2D eigenvalue weighted by molar-refractivity contribution is 5.46. The molecule has 4 bridgehead atoms. The van der Waals surface area contributed by atoms with Crippen molar-refractivity contribution in [1.82, 2.24) is 0 Å². The van der Waals surface area contributed by atoms with E-state index in [1.54, 1.807) is 11.1 Å². The predicted molar refractivity (Wildman–Crippen MR) is 65.6 cm³/mol. The Morgan fingerprint density at radius 2 is 1.41 bits per heavy atom. The van der Waals surface area contributed by atoms with Gasteiger partial charge >= 0.3 is 0 Å². The van der Waals surface area contributed by atoms with Gasteiger partial charge in [-0.15, -0.1) is 0 Å². The van der Waals surface area contributed by atoms with Crippen molar-refractivity contribution in [1.29, 1.82) is 0 Å². The highest BCUT2D eigenvalue weighted by Crippen LogP contribution is 2.69. The highest BCUT2D eigenvalue weighted by Gasteiger charge is 2.63. The van der Waals surface area contributed by atoms with Gasteiger partial charge in [0.25, 0.3) is 0 Å². The summed E-state index contributed by atoms with van der Waals surface area (Å²) in [5.74, 6) is 3.84. The highest BCUT2D eigenvalue weighted by atomic mass is 16.3. The summed E-state index contributed by atoms with van der Waals surface area (Å²) in [6.45, 7) is 0. The first-order chi connectivity index (χ1) is 8.36. The number of fused-ring (bicyclic) bond motifs is 12. The SMILES string of the molecule is OC1[C@H]2C=C[C@H]1[C@@H]1[C@H]2[C@H]2C[C@H]1c1ccccc12. The molecule has 4 aliphatic rings. The molecule has 1 nitrogen and oxygen atoms in total. The average molecular weight is 224 g/mol. The summed E-state index contributed by atoms with van der Waals surface area (Å²) in [7, 11) is 0. The van der Waals surface area contributed by atoms with Crippen LogP contribution in [0.5, 0.6) is 0 Å². The Labute approximate surface area is 101 Å². The summed E-state index contributed by atoms with van der Waals surface area (Å²) in [5.41, 5.74) is 3.18. The lowest BCUT2D eigenvalue weighted by Crippen LogP contribution is -2.25. The van der Waals surface area contributed by atoms with Gasteiger partial charge in [0.05, 0.1) is 6.10 Å². The van der Waals surface area contributed by atoms with Crippen LogP contribution in [-0.4, -0.2) is 11.2 Å². The molecule has 0 spiro atoms. The molecule has 7 atom stereocenters. The van der Waals surface area contributed by atoms with E-state index >= 15 is 0 Å². The van der Waals surface area contributed by atoms with Gasteiger partial charge < -0.3 is 5.11 Å². The van der Waals surface area contributed by atoms with Gasteiger partial charge in [0.1, 0.15) is 0 Å². The van der Waals surface area contributed by atoms with E-state index in [0.717, 1.165) is 23.7 Å². The van der Waals surface area contributed by atoms with Crippen molar-refractivity contribution in [3.8, 4) is 0 Å². The zero-order valence-electron chi connectivity index (χ0n) is 9.66. The lowest BCUT2D eigenvalue weighted by molar-refractivity contribution is 0.121. The van der Waals surface area contributed by atoms with Gasteiger partial charge in [-0.05, 0) is 41.2 Å². The zero-order chi connectivity index (χ0) is 11.1. The van der Waals surface area contributed by atoms with Crippen molar-refractivity contribution < 1.29 is 5.11 Å². The zero-order valence-corrected chi connectivity index (χ0v) is 9.66. The number of benzene rings is 1. The van der Waals surface area contributed by atoms with Gasteiger partial charge in [-0.3, -0.25) is 0 Å². The average Bonchev–Trinajstić information content (AvgIpc) is 3.07. The molecular weight excluding hydrogens is 208 g/mol. The largest absolute Gasteiger partial charge is 0.392 e. The van der Waals surface area contributed by atoms with E-state index in [1.807, 2.05) is 0 Å². The van der Waals surface area contributed by atoms with E-state index in [1.165, 1.54) is 6.42 Å². The first kappa shape index (κ1) is 8.93. The molecule has 5 rings (SSSR count). The van der Waals surface area contributed by atoms with Crippen LogP contribution in [0, 0.1) is 23.7 Å². The number of aliphatic hydroxyl groups is 1. The molecule has 0 radical (unpaired) electrons. The molecule has 0 aliphatic heterocycles. The Hall–Kier alpha value is -1.08. The fraction of sp³-hybridized carbons (Fsp3) is 0.500. The number of hydrogen-bond acceptors (Lipinski definition) is 1. The molecule has 0 amide bonds. The second-order valence-electron chi connectivity index (χ2n) is 6.26.